The van der Waals surface area contributed by atoms with Gasteiger partial charge in [0, 0.05) is 30.9 Å². The Bertz CT molecular complexity index is 542. The lowest BCUT2D eigenvalue weighted by Gasteiger charge is -2.25. The van der Waals surface area contributed by atoms with Gasteiger partial charge >= 0.3 is 0 Å². The average molecular weight is 254 g/mol. The van der Waals surface area contributed by atoms with Gasteiger partial charge in [-0.15, -0.1) is 0 Å². The standard InChI is InChI=1S/C15H18N4/c1-11-3-2-8-19(11)15-5-4-12(9-13(15)10-17)14(18)6-7-16/h4-5,7,9,11,16,18H,2-3,6,8H2,1H3. The van der Waals surface area contributed by atoms with E-state index in [1.54, 1.807) is 6.07 Å². The number of nitriles is 1. The van der Waals surface area contributed by atoms with Gasteiger partial charge in [-0.05, 0) is 37.5 Å². The molecule has 1 aromatic rings. The van der Waals surface area contributed by atoms with Crippen LogP contribution in [0.4, 0.5) is 5.69 Å². The molecule has 4 heteroatoms. The fourth-order valence-electron chi connectivity index (χ4n) is 2.57. The number of nitrogens with one attached hydrogen (secondary N) is 2. The predicted molar refractivity (Wildman–Crippen MR) is 77.4 cm³/mol. The second-order valence-electron chi connectivity index (χ2n) is 4.92. The molecule has 1 aromatic carbocycles. The minimum atomic E-state index is 0.310. The first-order valence-corrected chi connectivity index (χ1v) is 6.55. The van der Waals surface area contributed by atoms with Gasteiger partial charge in [-0.1, -0.05) is 6.07 Å². The predicted octanol–water partition coefficient (Wildman–Crippen LogP) is 2.95. The highest BCUT2D eigenvalue weighted by Gasteiger charge is 2.22. The fourth-order valence-corrected chi connectivity index (χ4v) is 2.57. The van der Waals surface area contributed by atoms with Gasteiger partial charge < -0.3 is 15.7 Å². The molecule has 1 heterocycles. The minimum absolute atomic E-state index is 0.310. The third-order valence-electron chi connectivity index (χ3n) is 3.63. The van der Waals surface area contributed by atoms with Crippen molar-refractivity contribution in [3.05, 3.63) is 29.3 Å². The van der Waals surface area contributed by atoms with E-state index in [-0.39, 0.29) is 0 Å². The summed E-state index contributed by atoms with van der Waals surface area (Å²) in [5.74, 6) is 0. The van der Waals surface area contributed by atoms with E-state index in [1.807, 2.05) is 12.1 Å². The van der Waals surface area contributed by atoms with Crippen molar-refractivity contribution in [2.24, 2.45) is 0 Å². The zero-order valence-electron chi connectivity index (χ0n) is 11.1. The molecule has 0 spiro atoms. The van der Waals surface area contributed by atoms with Gasteiger partial charge in [-0.3, -0.25) is 0 Å². The second-order valence-corrected chi connectivity index (χ2v) is 4.92. The first-order chi connectivity index (χ1) is 9.17. The van der Waals surface area contributed by atoms with Gasteiger partial charge in [0.05, 0.1) is 11.3 Å². The summed E-state index contributed by atoms with van der Waals surface area (Å²) in [6.45, 7) is 3.17. The Labute approximate surface area is 113 Å². The summed E-state index contributed by atoms with van der Waals surface area (Å²) < 4.78 is 0. The van der Waals surface area contributed by atoms with Crippen molar-refractivity contribution >= 4 is 17.6 Å². The first-order valence-electron chi connectivity index (χ1n) is 6.55. The van der Waals surface area contributed by atoms with Crippen LogP contribution in [0, 0.1) is 22.1 Å². The van der Waals surface area contributed by atoms with Crippen molar-refractivity contribution in [3.63, 3.8) is 0 Å². The van der Waals surface area contributed by atoms with Gasteiger partial charge in [-0.25, -0.2) is 0 Å². The lowest BCUT2D eigenvalue weighted by molar-refractivity contribution is 0.734. The molecule has 1 aliphatic heterocycles. The van der Waals surface area contributed by atoms with Crippen LogP contribution in [0.5, 0.6) is 0 Å². The molecule has 2 rings (SSSR count). The van der Waals surface area contributed by atoms with Crippen molar-refractivity contribution in [3.8, 4) is 6.07 Å². The van der Waals surface area contributed by atoms with Crippen LogP contribution in [-0.4, -0.2) is 24.5 Å². The molecule has 0 radical (unpaired) electrons. The Morgan fingerprint density at radius 1 is 1.58 bits per heavy atom. The molecule has 2 N–H and O–H groups in total. The molecule has 0 aliphatic carbocycles. The van der Waals surface area contributed by atoms with Crippen LogP contribution in [0.1, 0.15) is 37.3 Å². The smallest absolute Gasteiger partial charge is 0.101 e. The number of hydrogen-bond acceptors (Lipinski definition) is 4. The lowest BCUT2D eigenvalue weighted by Crippen LogP contribution is -2.27. The van der Waals surface area contributed by atoms with Crippen molar-refractivity contribution in [1.82, 2.24) is 0 Å². The van der Waals surface area contributed by atoms with Crippen molar-refractivity contribution < 1.29 is 0 Å². The van der Waals surface area contributed by atoms with Gasteiger partial charge in [-0.2, -0.15) is 5.26 Å². The molecular formula is C15H18N4. The number of rotatable bonds is 4. The van der Waals surface area contributed by atoms with E-state index in [1.165, 1.54) is 6.21 Å². The van der Waals surface area contributed by atoms with Crippen molar-refractivity contribution in [2.75, 3.05) is 11.4 Å². The van der Waals surface area contributed by atoms with Crippen molar-refractivity contribution in [2.45, 2.75) is 32.2 Å². The Morgan fingerprint density at radius 3 is 2.95 bits per heavy atom. The quantitative estimate of drug-likeness (QED) is 0.810. The summed E-state index contributed by atoms with van der Waals surface area (Å²) in [6, 6.07) is 8.30. The topological polar surface area (TPSA) is 74.7 Å². The number of hydrogen-bond donors (Lipinski definition) is 2. The molecule has 0 bridgehead atoms. The summed E-state index contributed by atoms with van der Waals surface area (Å²) in [5.41, 5.74) is 2.71. The monoisotopic (exact) mass is 254 g/mol. The van der Waals surface area contributed by atoms with E-state index < -0.39 is 0 Å². The van der Waals surface area contributed by atoms with Crippen LogP contribution in [0.2, 0.25) is 0 Å². The number of anilines is 1. The van der Waals surface area contributed by atoms with E-state index in [9.17, 15) is 5.26 Å². The Balaban J connectivity index is 2.34. The van der Waals surface area contributed by atoms with Crippen LogP contribution in [-0.2, 0) is 0 Å². The van der Waals surface area contributed by atoms with Gasteiger partial charge in [0.15, 0.2) is 0 Å². The summed E-state index contributed by atoms with van der Waals surface area (Å²) in [4.78, 5) is 2.27. The molecule has 1 atom stereocenters. The largest absolute Gasteiger partial charge is 0.368 e. The maximum absolute atomic E-state index is 9.31. The molecule has 0 amide bonds. The average Bonchev–Trinajstić information content (AvgIpc) is 2.84. The Morgan fingerprint density at radius 2 is 2.37 bits per heavy atom. The van der Waals surface area contributed by atoms with Crippen LogP contribution < -0.4 is 4.90 Å². The van der Waals surface area contributed by atoms with Crippen LogP contribution >= 0.6 is 0 Å². The fraction of sp³-hybridized carbons (Fsp3) is 0.400. The summed E-state index contributed by atoms with van der Waals surface area (Å²) in [5, 5.41) is 24.2. The third-order valence-corrected chi connectivity index (χ3v) is 3.63. The van der Waals surface area contributed by atoms with Gasteiger partial charge in [0.25, 0.3) is 0 Å². The van der Waals surface area contributed by atoms with E-state index in [0.717, 1.165) is 30.6 Å². The molecule has 1 saturated heterocycles. The number of nitrogens with zero attached hydrogens (tertiary/aromatic N) is 2. The molecule has 1 aliphatic rings. The lowest BCUT2D eigenvalue weighted by atomic mass is 10.0. The normalized spacial score (nSPS) is 18.1. The molecule has 98 valence electrons. The highest BCUT2D eigenvalue weighted by atomic mass is 15.2. The maximum atomic E-state index is 9.31. The summed E-state index contributed by atoms with van der Waals surface area (Å²) in [6.07, 6.45) is 3.85. The molecule has 4 nitrogen and oxygen atoms in total. The van der Waals surface area contributed by atoms with Crippen LogP contribution in [0.15, 0.2) is 18.2 Å². The van der Waals surface area contributed by atoms with Gasteiger partial charge in [0.1, 0.15) is 6.07 Å². The minimum Gasteiger partial charge on any atom is -0.368 e. The Hall–Kier alpha value is -2.15. The molecule has 1 fully saturated rings. The molecule has 0 saturated carbocycles. The summed E-state index contributed by atoms with van der Waals surface area (Å²) >= 11 is 0. The van der Waals surface area contributed by atoms with Gasteiger partial charge in [0.2, 0.25) is 0 Å². The zero-order valence-corrected chi connectivity index (χ0v) is 11.1. The first kappa shape index (κ1) is 13.3. The molecular weight excluding hydrogens is 236 g/mol. The maximum Gasteiger partial charge on any atom is 0.101 e. The van der Waals surface area contributed by atoms with Crippen molar-refractivity contribution in [1.29, 1.82) is 16.1 Å². The number of benzene rings is 1. The van der Waals surface area contributed by atoms with E-state index >= 15 is 0 Å². The highest BCUT2D eigenvalue weighted by molar-refractivity contribution is 6.05. The Kier molecular flexibility index (Phi) is 3.96. The van der Waals surface area contributed by atoms with E-state index in [4.69, 9.17) is 10.8 Å². The zero-order chi connectivity index (χ0) is 13.8. The SMILES string of the molecule is CC1CCCN1c1ccc(C(=N)CC=N)cc1C#N. The van der Waals surface area contributed by atoms with Crippen LogP contribution in [0.3, 0.4) is 0 Å². The van der Waals surface area contributed by atoms with Crippen LogP contribution in [0.25, 0.3) is 0 Å². The molecule has 0 aromatic heterocycles. The van der Waals surface area contributed by atoms with E-state index in [2.05, 4.69) is 17.9 Å². The molecule has 19 heavy (non-hydrogen) atoms. The molecule has 1 unspecified atom stereocenters. The highest BCUT2D eigenvalue weighted by Crippen LogP contribution is 2.29. The second kappa shape index (κ2) is 5.66. The third kappa shape index (κ3) is 2.65. The van der Waals surface area contributed by atoms with E-state index in [0.29, 0.717) is 23.7 Å². The summed E-state index contributed by atoms with van der Waals surface area (Å²) in [7, 11) is 0.